The fourth-order valence-corrected chi connectivity index (χ4v) is 10.7. The van der Waals surface area contributed by atoms with Crippen molar-refractivity contribution in [3.8, 4) is 0 Å². The van der Waals surface area contributed by atoms with Crippen LogP contribution in [0.5, 0.6) is 0 Å². The molecule has 3 nitrogen and oxygen atoms in total. The standard InChI is InChI=1S/C24H24Cl2FNO2SSi/c1-31(29,30)28-14-24(17-2-8-21(27)9-3-17)18-15-32(16-18,22-10-4-19(25)5-11-22)23-12-6-20(26)7-13-23/h2-13,18,24,28H,14-16H2,1H3/t24-/m1/s1. The molecule has 0 saturated carbocycles. The van der Waals surface area contributed by atoms with Gasteiger partial charge in [-0.15, -0.1) is 0 Å². The third-order valence-corrected chi connectivity index (χ3v) is 13.0. The second kappa shape index (κ2) is 9.27. The summed E-state index contributed by atoms with van der Waals surface area (Å²) in [6, 6.07) is 24.5. The molecule has 0 bridgehead atoms. The Morgan fingerprint density at radius 1 is 0.906 bits per heavy atom. The molecule has 0 spiro atoms. The van der Waals surface area contributed by atoms with Gasteiger partial charge in [0.2, 0.25) is 10.0 Å². The van der Waals surface area contributed by atoms with Crippen LogP contribution < -0.4 is 15.1 Å². The number of nitrogens with one attached hydrogen (secondary N) is 1. The lowest BCUT2D eigenvalue weighted by Crippen LogP contribution is -2.67. The molecule has 0 amide bonds. The molecular weight excluding hydrogens is 484 g/mol. The molecular formula is C24H24Cl2FNO2SSi. The van der Waals surface area contributed by atoms with Crippen LogP contribution in [0.2, 0.25) is 22.1 Å². The highest BCUT2D eigenvalue weighted by atomic mass is 35.5. The van der Waals surface area contributed by atoms with Crippen LogP contribution in [-0.4, -0.2) is 29.3 Å². The smallest absolute Gasteiger partial charge is 0.208 e. The van der Waals surface area contributed by atoms with Crippen LogP contribution in [0.25, 0.3) is 0 Å². The molecule has 0 radical (unpaired) electrons. The van der Waals surface area contributed by atoms with E-state index in [0.717, 1.165) is 23.9 Å². The largest absolute Gasteiger partial charge is 0.215 e. The summed E-state index contributed by atoms with van der Waals surface area (Å²) in [6.45, 7) is 0.293. The molecule has 1 heterocycles. The van der Waals surface area contributed by atoms with Crippen LogP contribution in [0, 0.1) is 11.7 Å². The van der Waals surface area contributed by atoms with Gasteiger partial charge in [-0.2, -0.15) is 0 Å². The highest BCUT2D eigenvalue weighted by Crippen LogP contribution is 2.46. The van der Waals surface area contributed by atoms with E-state index in [0.29, 0.717) is 16.6 Å². The van der Waals surface area contributed by atoms with Crippen molar-refractivity contribution in [3.63, 3.8) is 0 Å². The van der Waals surface area contributed by atoms with E-state index in [9.17, 15) is 12.8 Å². The Kier molecular flexibility index (Phi) is 6.80. The Morgan fingerprint density at radius 3 is 1.81 bits per heavy atom. The van der Waals surface area contributed by atoms with Crippen LogP contribution in [0.4, 0.5) is 4.39 Å². The van der Waals surface area contributed by atoms with Gasteiger partial charge in [-0.3, -0.25) is 0 Å². The van der Waals surface area contributed by atoms with E-state index in [1.807, 2.05) is 24.3 Å². The fraction of sp³-hybridized carbons (Fsp3) is 0.250. The van der Waals surface area contributed by atoms with Gasteiger partial charge in [0, 0.05) is 16.6 Å². The van der Waals surface area contributed by atoms with Gasteiger partial charge in [-0.25, -0.2) is 17.5 Å². The van der Waals surface area contributed by atoms with Gasteiger partial charge in [0.1, 0.15) is 13.9 Å². The van der Waals surface area contributed by atoms with Crippen molar-refractivity contribution in [2.45, 2.75) is 18.0 Å². The average Bonchev–Trinajstić information content (AvgIpc) is 2.72. The normalized spacial score (nSPS) is 17.0. The highest BCUT2D eigenvalue weighted by molar-refractivity contribution is 7.88. The van der Waals surface area contributed by atoms with E-state index in [2.05, 4.69) is 29.0 Å². The quantitative estimate of drug-likeness (QED) is 0.472. The SMILES string of the molecule is CS(=O)(=O)NC[C@H](c1ccc(F)cc1)C1C[Si](c2ccc(Cl)cc2)(c2ccc(Cl)cc2)C1. The maximum atomic E-state index is 13.5. The minimum atomic E-state index is -3.34. The van der Waals surface area contributed by atoms with Gasteiger partial charge < -0.3 is 0 Å². The number of hydrogen-bond donors (Lipinski definition) is 1. The van der Waals surface area contributed by atoms with Gasteiger partial charge in [-0.05, 0) is 65.9 Å². The average molecular weight is 509 g/mol. The van der Waals surface area contributed by atoms with Gasteiger partial charge in [-0.1, -0.05) is 70.0 Å². The van der Waals surface area contributed by atoms with Crippen molar-refractivity contribution < 1.29 is 12.8 Å². The number of halogens is 3. The minimum Gasteiger partial charge on any atom is -0.215 e. The third-order valence-electron chi connectivity index (χ3n) is 6.45. The van der Waals surface area contributed by atoms with Gasteiger partial charge in [0.05, 0.1) is 6.26 Å². The fourth-order valence-electron chi connectivity index (χ4n) is 4.80. The molecule has 0 unspecified atom stereocenters. The van der Waals surface area contributed by atoms with Crippen molar-refractivity contribution in [1.29, 1.82) is 0 Å². The van der Waals surface area contributed by atoms with E-state index in [4.69, 9.17) is 23.2 Å². The van der Waals surface area contributed by atoms with Crippen LogP contribution in [0.1, 0.15) is 11.5 Å². The summed E-state index contributed by atoms with van der Waals surface area (Å²) in [5, 5.41) is 4.00. The topological polar surface area (TPSA) is 46.2 Å². The summed E-state index contributed by atoms with van der Waals surface area (Å²) in [4.78, 5) is 0. The zero-order valence-corrected chi connectivity index (χ0v) is 20.9. The number of hydrogen-bond acceptors (Lipinski definition) is 2. The molecule has 0 aliphatic carbocycles. The van der Waals surface area contributed by atoms with E-state index in [-0.39, 0.29) is 17.7 Å². The molecule has 8 heteroatoms. The van der Waals surface area contributed by atoms with E-state index < -0.39 is 18.1 Å². The first-order chi connectivity index (χ1) is 15.2. The second-order valence-electron chi connectivity index (χ2n) is 8.54. The Balaban J connectivity index is 1.68. The van der Waals surface area contributed by atoms with Crippen molar-refractivity contribution in [2.24, 2.45) is 5.92 Å². The summed E-state index contributed by atoms with van der Waals surface area (Å²) in [5.74, 6) is -0.0680. The molecule has 1 fully saturated rings. The summed E-state index contributed by atoms with van der Waals surface area (Å²) in [6.07, 6.45) is 1.16. The number of benzene rings is 3. The van der Waals surface area contributed by atoms with Gasteiger partial charge in [0.25, 0.3) is 0 Å². The predicted molar refractivity (Wildman–Crippen MR) is 133 cm³/mol. The van der Waals surface area contributed by atoms with Crippen molar-refractivity contribution in [2.75, 3.05) is 12.8 Å². The van der Waals surface area contributed by atoms with Crippen molar-refractivity contribution >= 4 is 51.7 Å². The Bertz CT molecular complexity index is 1130. The molecule has 0 aromatic heterocycles. The van der Waals surface area contributed by atoms with E-state index >= 15 is 0 Å². The maximum absolute atomic E-state index is 13.5. The number of rotatable bonds is 7. The zero-order valence-electron chi connectivity index (χ0n) is 17.6. The molecule has 3 aromatic rings. The molecule has 3 aromatic carbocycles. The summed E-state index contributed by atoms with van der Waals surface area (Å²) >= 11 is 12.3. The third kappa shape index (κ3) is 5.10. The van der Waals surface area contributed by atoms with E-state index in [1.165, 1.54) is 22.5 Å². The van der Waals surface area contributed by atoms with Gasteiger partial charge >= 0.3 is 0 Å². The highest BCUT2D eigenvalue weighted by Gasteiger charge is 2.51. The lowest BCUT2D eigenvalue weighted by atomic mass is 9.87. The molecule has 1 aliphatic heterocycles. The molecule has 168 valence electrons. The molecule has 1 saturated heterocycles. The maximum Gasteiger partial charge on any atom is 0.208 e. The Morgan fingerprint density at radius 2 is 1.38 bits per heavy atom. The van der Waals surface area contributed by atoms with E-state index in [1.54, 1.807) is 12.1 Å². The first kappa shape index (κ1) is 23.5. The first-order valence-corrected chi connectivity index (χ1v) is 15.4. The van der Waals surface area contributed by atoms with Crippen LogP contribution in [0.3, 0.4) is 0 Å². The van der Waals surface area contributed by atoms with Crippen molar-refractivity contribution in [3.05, 3.63) is 94.2 Å². The van der Waals surface area contributed by atoms with Crippen LogP contribution in [0.15, 0.2) is 72.8 Å². The first-order valence-electron chi connectivity index (χ1n) is 10.4. The lowest BCUT2D eigenvalue weighted by molar-refractivity contribution is 0.446. The van der Waals surface area contributed by atoms with Crippen molar-refractivity contribution in [1.82, 2.24) is 4.72 Å². The summed E-state index contributed by atoms with van der Waals surface area (Å²) in [5.41, 5.74) is 0.947. The van der Waals surface area contributed by atoms with Crippen LogP contribution in [-0.2, 0) is 10.0 Å². The molecule has 1 N–H and O–H groups in total. The van der Waals surface area contributed by atoms with Gasteiger partial charge in [0.15, 0.2) is 0 Å². The Hall–Kier alpha value is -1.70. The summed E-state index contributed by atoms with van der Waals surface area (Å²) < 4.78 is 39.8. The minimum absolute atomic E-state index is 0.0365. The predicted octanol–water partition coefficient (Wildman–Crippen LogP) is 4.66. The number of sulfonamides is 1. The zero-order chi connectivity index (χ0) is 22.9. The molecule has 4 rings (SSSR count). The lowest BCUT2D eigenvalue weighted by Gasteiger charge is -2.50. The van der Waals surface area contributed by atoms with Crippen LogP contribution >= 0.6 is 23.2 Å². The molecule has 1 atom stereocenters. The Labute approximate surface area is 199 Å². The second-order valence-corrected chi connectivity index (χ2v) is 15.4. The molecule has 32 heavy (non-hydrogen) atoms. The monoisotopic (exact) mass is 507 g/mol. The summed E-state index contributed by atoms with van der Waals surface area (Å²) in [7, 11) is -5.39. The molecule has 1 aliphatic rings.